The lowest BCUT2D eigenvalue weighted by Gasteiger charge is -2.21. The van der Waals surface area contributed by atoms with E-state index in [9.17, 15) is 43.2 Å². The van der Waals surface area contributed by atoms with Crippen LogP contribution in [0, 0.1) is 23.7 Å². The van der Waals surface area contributed by atoms with Gasteiger partial charge >= 0.3 is 39.5 Å². The molecule has 90 heavy (non-hydrogen) atoms. The summed E-state index contributed by atoms with van der Waals surface area (Å²) in [6, 6.07) is 0. The second-order valence-corrected chi connectivity index (χ2v) is 30.2. The third-order valence-electron chi connectivity index (χ3n) is 16.7. The zero-order chi connectivity index (χ0) is 66.8. The maximum Gasteiger partial charge on any atom is 0.472 e. The van der Waals surface area contributed by atoms with Crippen LogP contribution in [0.2, 0.25) is 0 Å². The molecule has 0 aromatic carbocycles. The molecule has 0 saturated carbocycles. The third-order valence-corrected chi connectivity index (χ3v) is 18.6. The van der Waals surface area contributed by atoms with Crippen molar-refractivity contribution in [3.8, 4) is 0 Å². The van der Waals surface area contributed by atoms with Gasteiger partial charge in [-0.1, -0.05) is 299 Å². The van der Waals surface area contributed by atoms with Gasteiger partial charge in [0.05, 0.1) is 26.4 Å². The number of hydrogen-bond donors (Lipinski definition) is 3. The maximum absolute atomic E-state index is 13.0. The van der Waals surface area contributed by atoms with Gasteiger partial charge in [-0.05, 0) is 49.4 Å². The van der Waals surface area contributed by atoms with E-state index in [2.05, 4.69) is 55.4 Å². The Morgan fingerprint density at radius 1 is 0.311 bits per heavy atom. The molecule has 0 fully saturated rings. The monoisotopic (exact) mass is 1320 g/mol. The fourth-order valence-electron chi connectivity index (χ4n) is 10.6. The molecule has 17 nitrogen and oxygen atoms in total. The minimum atomic E-state index is -4.95. The van der Waals surface area contributed by atoms with Crippen LogP contribution in [0.1, 0.15) is 351 Å². The van der Waals surface area contributed by atoms with Gasteiger partial charge < -0.3 is 33.8 Å². The number of aliphatic hydroxyl groups is 1. The molecule has 0 aromatic rings. The summed E-state index contributed by atoms with van der Waals surface area (Å²) in [6.45, 7) is 14.1. The van der Waals surface area contributed by atoms with Crippen molar-refractivity contribution in [3.05, 3.63) is 0 Å². The van der Waals surface area contributed by atoms with Gasteiger partial charge in [-0.2, -0.15) is 0 Å². The van der Waals surface area contributed by atoms with E-state index in [0.29, 0.717) is 25.7 Å². The van der Waals surface area contributed by atoms with E-state index < -0.39 is 97.5 Å². The molecule has 0 aromatic heterocycles. The Morgan fingerprint density at radius 3 is 0.789 bits per heavy atom. The van der Waals surface area contributed by atoms with Gasteiger partial charge in [-0.3, -0.25) is 37.3 Å². The quantitative estimate of drug-likeness (QED) is 0.0222. The molecule has 0 rings (SSSR count). The van der Waals surface area contributed by atoms with Crippen LogP contribution < -0.4 is 0 Å². The Hall–Kier alpha value is -1.94. The molecule has 0 aliphatic carbocycles. The Labute approximate surface area is 549 Å². The zero-order valence-corrected chi connectivity index (χ0v) is 60.6. The van der Waals surface area contributed by atoms with Crippen molar-refractivity contribution >= 4 is 39.5 Å². The molecule has 0 spiro atoms. The Bertz CT molecular complexity index is 1780. The molecule has 0 saturated heterocycles. The minimum absolute atomic E-state index is 0.105. The summed E-state index contributed by atoms with van der Waals surface area (Å²) in [7, 11) is -9.91. The zero-order valence-electron chi connectivity index (χ0n) is 58.8. The first-order chi connectivity index (χ1) is 43.1. The predicted molar refractivity (Wildman–Crippen MR) is 363 cm³/mol. The average Bonchev–Trinajstić information content (AvgIpc) is 3.61. The SMILES string of the molecule is CCC(C)CCCCCCCCCCCCC(=O)O[C@H](COC(=O)CCCCCCCCCCC(C)C)COP(=O)(O)OCC(O)COP(=O)(O)OC[C@@H](COC(=O)CCCCCCCCCCC(C)C)OC(=O)CCCCCCCCCCCCCC(C)C. The largest absolute Gasteiger partial charge is 0.472 e. The first kappa shape index (κ1) is 88.1. The molecule has 4 unspecified atom stereocenters. The first-order valence-electron chi connectivity index (χ1n) is 36.7. The predicted octanol–water partition coefficient (Wildman–Crippen LogP) is 20.1. The van der Waals surface area contributed by atoms with Crippen LogP contribution in [0.3, 0.4) is 0 Å². The lowest BCUT2D eigenvalue weighted by molar-refractivity contribution is -0.161. The van der Waals surface area contributed by atoms with Gasteiger partial charge in [0.1, 0.15) is 19.3 Å². The molecule has 3 N–H and O–H groups in total. The van der Waals surface area contributed by atoms with Crippen LogP contribution in [0.25, 0.3) is 0 Å². The average molecular weight is 1330 g/mol. The van der Waals surface area contributed by atoms with Crippen molar-refractivity contribution in [3.63, 3.8) is 0 Å². The third kappa shape index (κ3) is 63.5. The van der Waals surface area contributed by atoms with E-state index in [0.717, 1.165) is 114 Å². The topological polar surface area (TPSA) is 237 Å². The summed E-state index contributed by atoms with van der Waals surface area (Å²) in [5.41, 5.74) is 0. The molecule has 19 heteroatoms. The van der Waals surface area contributed by atoms with Crippen LogP contribution in [0.5, 0.6) is 0 Å². The Kier molecular flexibility index (Phi) is 59.4. The van der Waals surface area contributed by atoms with Crippen LogP contribution in [-0.4, -0.2) is 96.7 Å². The molecule has 0 aliphatic heterocycles. The number of phosphoric ester groups is 2. The van der Waals surface area contributed by atoms with Gasteiger partial charge in [0.15, 0.2) is 12.2 Å². The minimum Gasteiger partial charge on any atom is -0.462 e. The summed E-state index contributed by atoms with van der Waals surface area (Å²) in [6.07, 6.45) is 43.0. The van der Waals surface area contributed by atoms with Crippen molar-refractivity contribution in [1.82, 2.24) is 0 Å². The van der Waals surface area contributed by atoms with E-state index in [1.54, 1.807) is 0 Å². The lowest BCUT2D eigenvalue weighted by atomic mass is 9.99. The number of ether oxygens (including phenoxy) is 4. The number of hydrogen-bond acceptors (Lipinski definition) is 15. The number of aliphatic hydroxyl groups excluding tert-OH is 1. The standard InChI is InChI=1S/C71H138O17P2/c1-9-64(8)50-42-34-26-16-13-14-18-30-38-46-54-71(76)88-67(58-82-69(74)52-44-36-28-22-20-25-33-41-49-63(6)7)60-86-90(79,80)84-56-65(72)55-83-89(77,78)85-59-66(57-81-68(73)51-43-35-27-21-19-24-32-40-48-62(4)5)87-70(75)53-45-37-29-17-12-10-11-15-23-31-39-47-61(2)3/h61-67,72H,9-60H2,1-8H3,(H,77,78)(H,79,80)/t64?,65?,66-,67-/m1/s1. The number of carbonyl (C=O) groups is 4. The van der Waals surface area contributed by atoms with E-state index in [1.807, 2.05) is 0 Å². The van der Waals surface area contributed by atoms with Crippen molar-refractivity contribution < 1.29 is 80.2 Å². The van der Waals surface area contributed by atoms with Crippen LogP contribution in [0.15, 0.2) is 0 Å². The summed E-state index contributed by atoms with van der Waals surface area (Å²) in [5.74, 6) is 0.893. The Morgan fingerprint density at radius 2 is 0.533 bits per heavy atom. The van der Waals surface area contributed by atoms with E-state index in [-0.39, 0.29) is 25.7 Å². The van der Waals surface area contributed by atoms with E-state index in [1.165, 1.54) is 154 Å². The van der Waals surface area contributed by atoms with Crippen LogP contribution >= 0.6 is 15.6 Å². The number of unbranched alkanes of at least 4 members (excludes halogenated alkanes) is 33. The van der Waals surface area contributed by atoms with Crippen LogP contribution in [-0.2, 0) is 65.4 Å². The molecule has 6 atom stereocenters. The molecular weight excluding hydrogens is 1190 g/mol. The molecule has 534 valence electrons. The van der Waals surface area contributed by atoms with Gasteiger partial charge in [-0.25, -0.2) is 9.13 Å². The highest BCUT2D eigenvalue weighted by Crippen LogP contribution is 2.45. The number of carbonyl (C=O) groups excluding carboxylic acids is 4. The highest BCUT2D eigenvalue weighted by molar-refractivity contribution is 7.47. The molecule has 0 aliphatic rings. The number of phosphoric acid groups is 2. The number of esters is 4. The van der Waals surface area contributed by atoms with Gasteiger partial charge in [0.2, 0.25) is 0 Å². The smallest absolute Gasteiger partial charge is 0.462 e. The van der Waals surface area contributed by atoms with Crippen molar-refractivity contribution in [2.24, 2.45) is 23.7 Å². The van der Waals surface area contributed by atoms with Crippen molar-refractivity contribution in [2.45, 2.75) is 369 Å². The Balaban J connectivity index is 5.27. The summed E-state index contributed by atoms with van der Waals surface area (Å²) < 4.78 is 68.3. The first-order valence-corrected chi connectivity index (χ1v) is 39.7. The summed E-state index contributed by atoms with van der Waals surface area (Å²) >= 11 is 0. The highest BCUT2D eigenvalue weighted by Gasteiger charge is 2.30. The summed E-state index contributed by atoms with van der Waals surface area (Å²) in [4.78, 5) is 72.6. The van der Waals surface area contributed by atoms with Crippen LogP contribution in [0.4, 0.5) is 0 Å². The van der Waals surface area contributed by atoms with Gasteiger partial charge in [-0.15, -0.1) is 0 Å². The lowest BCUT2D eigenvalue weighted by Crippen LogP contribution is -2.30. The normalized spacial score (nSPS) is 14.6. The molecule has 0 bridgehead atoms. The molecular formula is C71H138O17P2. The van der Waals surface area contributed by atoms with E-state index >= 15 is 0 Å². The van der Waals surface area contributed by atoms with Gasteiger partial charge in [0.25, 0.3) is 0 Å². The molecule has 0 amide bonds. The van der Waals surface area contributed by atoms with Crippen molar-refractivity contribution in [1.29, 1.82) is 0 Å². The molecule has 0 heterocycles. The maximum atomic E-state index is 13.0. The molecule has 0 radical (unpaired) electrons. The fraction of sp³-hybridized carbons (Fsp3) is 0.944. The highest BCUT2D eigenvalue weighted by atomic mass is 31.2. The second kappa shape index (κ2) is 60.7. The van der Waals surface area contributed by atoms with Gasteiger partial charge in [0, 0.05) is 25.7 Å². The van der Waals surface area contributed by atoms with Crippen molar-refractivity contribution in [2.75, 3.05) is 39.6 Å². The second-order valence-electron chi connectivity index (χ2n) is 27.3. The fourth-order valence-corrected chi connectivity index (χ4v) is 12.2. The summed E-state index contributed by atoms with van der Waals surface area (Å²) in [5, 5.41) is 10.6. The number of rotatable bonds is 68. The van der Waals surface area contributed by atoms with E-state index in [4.69, 9.17) is 37.0 Å².